The smallest absolute Gasteiger partial charge is 0.337 e. The Labute approximate surface area is 297 Å². The molecule has 0 bridgehead atoms. The lowest BCUT2D eigenvalue weighted by Gasteiger charge is -2.26. The van der Waals surface area contributed by atoms with Crippen molar-refractivity contribution in [1.82, 2.24) is 5.32 Å². The molecule has 50 heavy (non-hydrogen) atoms. The monoisotopic (exact) mass is 694 g/mol. The Bertz CT molecular complexity index is 1800. The predicted octanol–water partition coefficient (Wildman–Crippen LogP) is 7.30. The van der Waals surface area contributed by atoms with E-state index >= 15 is 0 Å². The van der Waals surface area contributed by atoms with E-state index in [0.29, 0.717) is 54.7 Å². The molecule has 0 saturated carbocycles. The highest BCUT2D eigenvalue weighted by atomic mass is 32.2. The number of rotatable bonds is 16. The Kier molecular flexibility index (Phi) is 12.2. The van der Waals surface area contributed by atoms with Gasteiger partial charge in [0, 0.05) is 12.2 Å². The van der Waals surface area contributed by atoms with Crippen LogP contribution in [0.3, 0.4) is 0 Å². The van der Waals surface area contributed by atoms with Gasteiger partial charge in [-0.1, -0.05) is 60.7 Å². The number of nitrogens with zero attached hydrogens (tertiary/aromatic N) is 1. The van der Waals surface area contributed by atoms with Gasteiger partial charge in [-0.25, -0.2) is 4.79 Å². The molecule has 4 aromatic carbocycles. The highest BCUT2D eigenvalue weighted by molar-refractivity contribution is 8.02. The number of esters is 1. The molecule has 1 aliphatic heterocycles. The Morgan fingerprint density at radius 1 is 0.920 bits per heavy atom. The van der Waals surface area contributed by atoms with Crippen LogP contribution in [0.2, 0.25) is 0 Å². The Hall–Kier alpha value is -5.22. The minimum Gasteiger partial charge on any atom is -0.493 e. The first-order valence-electron chi connectivity index (χ1n) is 16.4. The van der Waals surface area contributed by atoms with E-state index in [2.05, 4.69) is 11.9 Å². The van der Waals surface area contributed by atoms with Crippen LogP contribution in [0.15, 0.2) is 110 Å². The molecule has 0 radical (unpaired) electrons. The maximum atomic E-state index is 14.6. The summed E-state index contributed by atoms with van der Waals surface area (Å²) in [6, 6.07) is 30.0. The van der Waals surface area contributed by atoms with Gasteiger partial charge in [-0.15, -0.1) is 18.3 Å². The summed E-state index contributed by atoms with van der Waals surface area (Å²) in [6.45, 7) is 7.15. The van der Waals surface area contributed by atoms with E-state index in [1.165, 1.54) is 18.9 Å². The molecule has 4 aromatic rings. The summed E-state index contributed by atoms with van der Waals surface area (Å²) in [5.41, 5.74) is 3.72. The zero-order valence-corrected chi connectivity index (χ0v) is 29.4. The van der Waals surface area contributed by atoms with Gasteiger partial charge in [0.1, 0.15) is 22.5 Å². The highest BCUT2D eigenvalue weighted by Gasteiger charge is 2.53. The van der Waals surface area contributed by atoms with E-state index < -0.39 is 16.1 Å². The van der Waals surface area contributed by atoms with Gasteiger partial charge in [0.15, 0.2) is 11.5 Å². The summed E-state index contributed by atoms with van der Waals surface area (Å²) in [7, 11) is 2.91. The van der Waals surface area contributed by atoms with E-state index in [1.807, 2.05) is 79.7 Å². The van der Waals surface area contributed by atoms with Crippen molar-refractivity contribution < 1.29 is 33.3 Å². The molecule has 9 nitrogen and oxygen atoms in total. The maximum absolute atomic E-state index is 14.6. The van der Waals surface area contributed by atoms with Gasteiger partial charge < -0.3 is 24.3 Å². The number of methoxy groups -OCH3 is 2. The summed E-state index contributed by atoms with van der Waals surface area (Å²) in [5.74, 6) is 0.978. The maximum Gasteiger partial charge on any atom is 0.337 e. The fourth-order valence-corrected chi connectivity index (χ4v) is 7.52. The van der Waals surface area contributed by atoms with Crippen molar-refractivity contribution in [3.63, 3.8) is 0 Å². The van der Waals surface area contributed by atoms with Gasteiger partial charge in [-0.3, -0.25) is 14.5 Å². The Morgan fingerprint density at radius 3 is 2.40 bits per heavy atom. The summed E-state index contributed by atoms with van der Waals surface area (Å²) >= 11 is 1.41. The first-order chi connectivity index (χ1) is 24.3. The number of allylic oxidation sites excluding steroid dienone is 1. The summed E-state index contributed by atoms with van der Waals surface area (Å²) in [5, 5.41) is 2.51. The van der Waals surface area contributed by atoms with E-state index in [0.717, 1.165) is 16.7 Å². The molecule has 0 aliphatic carbocycles. The second-order valence-electron chi connectivity index (χ2n) is 11.7. The average Bonchev–Trinajstić information content (AvgIpc) is 3.42. The Morgan fingerprint density at radius 2 is 1.70 bits per heavy atom. The predicted molar refractivity (Wildman–Crippen MR) is 196 cm³/mol. The summed E-state index contributed by atoms with van der Waals surface area (Å²) in [4.78, 5) is 42.2. The largest absolute Gasteiger partial charge is 0.493 e. The zero-order valence-electron chi connectivity index (χ0n) is 28.6. The molecule has 1 fully saturated rings. The molecule has 1 aliphatic rings. The molecule has 10 heteroatoms. The van der Waals surface area contributed by atoms with Gasteiger partial charge >= 0.3 is 5.97 Å². The number of carbonyl (C=O) groups excluding carboxylic acids is 3. The fraction of sp³-hybridized carbons (Fsp3) is 0.275. The van der Waals surface area contributed by atoms with Crippen LogP contribution < -0.4 is 24.4 Å². The van der Waals surface area contributed by atoms with E-state index in [9.17, 15) is 14.4 Å². The number of carbonyl (C=O) groups is 3. The molecule has 260 valence electrons. The molecule has 0 spiro atoms. The van der Waals surface area contributed by atoms with Crippen LogP contribution in [0.1, 0.15) is 52.2 Å². The molecule has 0 unspecified atom stereocenters. The number of hydrogen-bond acceptors (Lipinski definition) is 8. The minimum atomic E-state index is -1.14. The van der Waals surface area contributed by atoms with Crippen molar-refractivity contribution >= 4 is 35.2 Å². The second kappa shape index (κ2) is 16.9. The van der Waals surface area contributed by atoms with Gasteiger partial charge in [0.05, 0.1) is 32.8 Å². The number of hydrogen-bond donors (Lipinski definition) is 1. The van der Waals surface area contributed by atoms with Gasteiger partial charge in [0.2, 0.25) is 11.8 Å². The number of benzene rings is 4. The van der Waals surface area contributed by atoms with Gasteiger partial charge in [-0.2, -0.15) is 0 Å². The molecule has 2 amide bonds. The lowest BCUT2D eigenvalue weighted by Crippen LogP contribution is -2.43. The van der Waals surface area contributed by atoms with Crippen LogP contribution in [0.25, 0.3) is 0 Å². The van der Waals surface area contributed by atoms with E-state index in [4.69, 9.17) is 18.9 Å². The first kappa shape index (κ1) is 36.1. The van der Waals surface area contributed by atoms with Crippen molar-refractivity contribution in [3.8, 4) is 17.2 Å². The lowest BCUT2D eigenvalue weighted by atomic mass is 9.97. The number of nitrogens with one attached hydrogen (secondary N) is 1. The Balaban J connectivity index is 1.37. The number of anilines is 1. The van der Waals surface area contributed by atoms with Crippen LogP contribution in [-0.2, 0) is 27.4 Å². The summed E-state index contributed by atoms with van der Waals surface area (Å²) < 4.78 is 20.9. The molecular weight excluding hydrogens is 653 g/mol. The van der Waals surface area contributed by atoms with Gasteiger partial charge in [-0.05, 0) is 78.9 Å². The van der Waals surface area contributed by atoms with Crippen molar-refractivity contribution in [2.24, 2.45) is 0 Å². The number of ether oxygens (including phenoxy) is 4. The molecule has 1 heterocycles. The minimum absolute atomic E-state index is 0.0582. The van der Waals surface area contributed by atoms with Crippen molar-refractivity contribution in [3.05, 3.63) is 132 Å². The molecule has 0 aromatic heterocycles. The van der Waals surface area contributed by atoms with Crippen molar-refractivity contribution in [2.45, 2.75) is 42.9 Å². The quantitative estimate of drug-likeness (QED) is 0.0963. The summed E-state index contributed by atoms with van der Waals surface area (Å²) in [6.07, 6.45) is 2.45. The van der Waals surface area contributed by atoms with E-state index in [-0.39, 0.29) is 24.7 Å². The fourth-order valence-electron chi connectivity index (χ4n) is 5.85. The average molecular weight is 695 g/mol. The zero-order chi connectivity index (χ0) is 35.5. The van der Waals surface area contributed by atoms with Gasteiger partial charge in [0.25, 0.3) is 0 Å². The number of amides is 2. The lowest BCUT2D eigenvalue weighted by molar-refractivity contribution is -0.126. The van der Waals surface area contributed by atoms with Crippen molar-refractivity contribution in [2.75, 3.05) is 32.3 Å². The van der Waals surface area contributed by atoms with E-state index in [1.54, 1.807) is 42.4 Å². The van der Waals surface area contributed by atoms with Crippen molar-refractivity contribution in [1.29, 1.82) is 0 Å². The SMILES string of the molecule is C=CC[C@]1(CC(=O)NCCc2ccc(OC)c(OCC)c2)S[C@@H](c2ccc(OCc3ccccc3)cc2)N(c2cccc(C(=O)OC)c2)C1=O. The molecular formula is C40H42N2O7S. The highest BCUT2D eigenvalue weighted by Crippen LogP contribution is 2.54. The number of thioether (sulfide) groups is 1. The third-order valence-corrected chi connectivity index (χ3v) is 9.97. The van der Waals surface area contributed by atoms with Crippen LogP contribution >= 0.6 is 11.8 Å². The standard InChI is InChI=1S/C40H42N2O7S/c1-5-22-40(26-36(43)41-23-21-28-15-20-34(46-3)35(24-28)48-6-2)39(45)42(32-14-10-13-31(25-32)38(44)47-4)37(50-40)30-16-18-33(19-17-30)49-27-29-11-8-7-9-12-29/h5,7-20,24-25,37H,1,6,21-23,26-27H2,2-4H3,(H,41,43)/t37-,40+/m0/s1. The molecule has 2 atom stereocenters. The molecule has 1 saturated heterocycles. The van der Waals surface area contributed by atoms with Crippen LogP contribution in [-0.4, -0.2) is 49.9 Å². The normalized spacial score (nSPS) is 16.8. The second-order valence-corrected chi connectivity index (χ2v) is 13.2. The third kappa shape index (κ3) is 8.49. The topological polar surface area (TPSA) is 103 Å². The van der Waals surface area contributed by atoms with Crippen LogP contribution in [0, 0.1) is 0 Å². The van der Waals surface area contributed by atoms with Crippen LogP contribution in [0.4, 0.5) is 5.69 Å². The first-order valence-corrected chi connectivity index (χ1v) is 17.3. The third-order valence-electron chi connectivity index (χ3n) is 8.32. The molecule has 1 N–H and O–H groups in total. The molecule has 5 rings (SSSR count). The van der Waals surface area contributed by atoms with Crippen LogP contribution in [0.5, 0.6) is 17.2 Å².